The highest BCUT2D eigenvalue weighted by atomic mass is 19.4. The van der Waals surface area contributed by atoms with Crippen molar-refractivity contribution in [2.24, 2.45) is 0 Å². The second kappa shape index (κ2) is 8.65. The van der Waals surface area contributed by atoms with Crippen LogP contribution in [0.25, 0.3) is 0 Å². The number of ketones is 1. The number of rotatable bonds is 4. The van der Waals surface area contributed by atoms with Crippen LogP contribution < -0.4 is 5.32 Å². The van der Waals surface area contributed by atoms with E-state index in [4.69, 9.17) is 4.74 Å². The lowest BCUT2D eigenvalue weighted by Gasteiger charge is -2.34. The Kier molecular flexibility index (Phi) is 5.91. The smallest absolute Gasteiger partial charge is 0.416 e. The zero-order valence-electron chi connectivity index (χ0n) is 17.5. The standard InChI is InChI=1S/C25H22F3NO3/c1-15-21(24(31)32-14-16-6-3-2-4-7-16)22(23-19(29-15)8-5-9-20(23)30)17-10-12-18(13-11-17)25(26,27)28/h2-4,6-7,10-13,22,29H,5,8-9,14H2,1H3/t22-/m1/s1. The zero-order chi connectivity index (χ0) is 22.9. The Labute approximate surface area is 183 Å². The molecule has 2 aromatic rings. The highest BCUT2D eigenvalue weighted by molar-refractivity contribution is 6.03. The van der Waals surface area contributed by atoms with Crippen LogP contribution in [0.5, 0.6) is 0 Å². The number of hydrogen-bond acceptors (Lipinski definition) is 4. The molecule has 0 fully saturated rings. The largest absolute Gasteiger partial charge is 0.457 e. The molecule has 1 atom stereocenters. The Bertz CT molecular complexity index is 1100. The third-order valence-corrected chi connectivity index (χ3v) is 5.78. The van der Waals surface area contributed by atoms with Crippen molar-refractivity contribution in [3.8, 4) is 0 Å². The van der Waals surface area contributed by atoms with Crippen molar-refractivity contribution in [3.05, 3.63) is 93.8 Å². The van der Waals surface area contributed by atoms with Crippen LogP contribution in [0.15, 0.2) is 77.1 Å². The highest BCUT2D eigenvalue weighted by Gasteiger charge is 2.39. The lowest BCUT2D eigenvalue weighted by molar-refractivity contribution is -0.141. The van der Waals surface area contributed by atoms with Gasteiger partial charge in [0.2, 0.25) is 0 Å². The topological polar surface area (TPSA) is 55.4 Å². The number of carbonyl (C=O) groups excluding carboxylic acids is 2. The summed E-state index contributed by atoms with van der Waals surface area (Å²) in [6.07, 6.45) is -2.81. The van der Waals surface area contributed by atoms with Gasteiger partial charge in [0.15, 0.2) is 5.78 Å². The molecule has 2 aliphatic rings. The molecule has 0 unspecified atom stereocenters. The predicted octanol–water partition coefficient (Wildman–Crippen LogP) is 5.42. The van der Waals surface area contributed by atoms with E-state index in [1.165, 1.54) is 12.1 Å². The SMILES string of the molecule is CC1=C(C(=O)OCc2ccccc2)[C@@H](c2ccc(C(F)(F)F)cc2)C2=C(CCCC2=O)N1. The van der Waals surface area contributed by atoms with Crippen LogP contribution in [0.1, 0.15) is 48.8 Å². The third kappa shape index (κ3) is 4.33. The minimum Gasteiger partial charge on any atom is -0.457 e. The average Bonchev–Trinajstić information content (AvgIpc) is 2.77. The van der Waals surface area contributed by atoms with Crippen molar-refractivity contribution in [2.45, 2.75) is 44.9 Å². The van der Waals surface area contributed by atoms with Crippen LogP contribution in [0, 0.1) is 0 Å². The fourth-order valence-corrected chi connectivity index (χ4v) is 4.25. The second-order valence-corrected chi connectivity index (χ2v) is 7.95. The van der Waals surface area contributed by atoms with Gasteiger partial charge in [-0.15, -0.1) is 0 Å². The van der Waals surface area contributed by atoms with Crippen LogP contribution in [0.4, 0.5) is 13.2 Å². The Morgan fingerprint density at radius 3 is 2.41 bits per heavy atom. The minimum absolute atomic E-state index is 0.0516. The first-order chi connectivity index (χ1) is 15.3. The molecule has 0 bridgehead atoms. The van der Waals surface area contributed by atoms with Gasteiger partial charge in [-0.1, -0.05) is 42.5 Å². The molecular formula is C25H22F3NO3. The van der Waals surface area contributed by atoms with E-state index in [0.717, 1.165) is 23.4 Å². The molecule has 0 amide bonds. The maximum atomic E-state index is 13.1. The number of ether oxygens (including phenoxy) is 1. The molecule has 0 radical (unpaired) electrons. The van der Waals surface area contributed by atoms with E-state index in [2.05, 4.69) is 5.32 Å². The van der Waals surface area contributed by atoms with Crippen molar-refractivity contribution in [3.63, 3.8) is 0 Å². The van der Waals surface area contributed by atoms with Gasteiger partial charge in [0, 0.05) is 29.3 Å². The number of dihydropyridines is 1. The molecule has 0 saturated carbocycles. The summed E-state index contributed by atoms with van der Waals surface area (Å²) < 4.78 is 44.7. The molecule has 32 heavy (non-hydrogen) atoms. The molecule has 2 aromatic carbocycles. The van der Waals surface area contributed by atoms with Crippen LogP contribution in [0.2, 0.25) is 0 Å². The van der Waals surface area contributed by atoms with Crippen molar-refractivity contribution in [1.82, 2.24) is 5.32 Å². The lowest BCUT2D eigenvalue weighted by Crippen LogP contribution is -2.34. The maximum absolute atomic E-state index is 13.1. The average molecular weight is 441 g/mol. The van der Waals surface area contributed by atoms with Gasteiger partial charge in [0.05, 0.1) is 11.1 Å². The molecule has 166 valence electrons. The van der Waals surface area contributed by atoms with Crippen molar-refractivity contribution >= 4 is 11.8 Å². The van der Waals surface area contributed by atoms with Gasteiger partial charge in [-0.05, 0) is 43.0 Å². The summed E-state index contributed by atoms with van der Waals surface area (Å²) >= 11 is 0. The number of nitrogens with one attached hydrogen (secondary N) is 1. The fraction of sp³-hybridized carbons (Fsp3) is 0.280. The quantitative estimate of drug-likeness (QED) is 0.644. The molecule has 4 nitrogen and oxygen atoms in total. The summed E-state index contributed by atoms with van der Waals surface area (Å²) in [5.41, 5.74) is 2.43. The van der Waals surface area contributed by atoms with E-state index < -0.39 is 23.6 Å². The monoisotopic (exact) mass is 441 g/mol. The summed E-state index contributed by atoms with van der Waals surface area (Å²) in [4.78, 5) is 26.0. The van der Waals surface area contributed by atoms with Crippen molar-refractivity contribution in [1.29, 1.82) is 0 Å². The molecule has 1 N–H and O–H groups in total. The summed E-state index contributed by atoms with van der Waals surface area (Å²) in [5.74, 6) is -1.48. The van der Waals surface area contributed by atoms with Gasteiger partial charge in [0.25, 0.3) is 0 Å². The first-order valence-corrected chi connectivity index (χ1v) is 10.4. The van der Waals surface area contributed by atoms with Gasteiger partial charge in [-0.2, -0.15) is 13.2 Å². The molecule has 4 rings (SSSR count). The Morgan fingerprint density at radius 2 is 1.75 bits per heavy atom. The number of allylic oxidation sites excluding steroid dienone is 3. The number of esters is 1. The molecule has 0 spiro atoms. The van der Waals surface area contributed by atoms with Crippen LogP contribution >= 0.6 is 0 Å². The van der Waals surface area contributed by atoms with Crippen LogP contribution in [0.3, 0.4) is 0 Å². The van der Waals surface area contributed by atoms with Gasteiger partial charge in [-0.3, -0.25) is 4.79 Å². The number of carbonyl (C=O) groups is 2. The van der Waals surface area contributed by atoms with Crippen LogP contribution in [-0.2, 0) is 27.1 Å². The number of benzene rings is 2. The van der Waals surface area contributed by atoms with Gasteiger partial charge in [0.1, 0.15) is 6.61 Å². The van der Waals surface area contributed by atoms with E-state index in [0.29, 0.717) is 36.1 Å². The Balaban J connectivity index is 1.71. The Hall–Kier alpha value is -3.35. The van der Waals surface area contributed by atoms with Crippen LogP contribution in [-0.4, -0.2) is 11.8 Å². The molecule has 0 aromatic heterocycles. The third-order valence-electron chi connectivity index (χ3n) is 5.78. The Morgan fingerprint density at radius 1 is 1.06 bits per heavy atom. The zero-order valence-corrected chi connectivity index (χ0v) is 17.5. The molecule has 1 aliphatic heterocycles. The van der Waals surface area contributed by atoms with E-state index in [9.17, 15) is 22.8 Å². The maximum Gasteiger partial charge on any atom is 0.416 e. The molecule has 1 aliphatic carbocycles. The molecule has 1 heterocycles. The summed E-state index contributed by atoms with van der Waals surface area (Å²) in [6, 6.07) is 13.8. The summed E-state index contributed by atoms with van der Waals surface area (Å²) in [6.45, 7) is 1.77. The highest BCUT2D eigenvalue weighted by Crippen LogP contribution is 2.43. The second-order valence-electron chi connectivity index (χ2n) is 7.95. The first kappa shape index (κ1) is 21.9. The minimum atomic E-state index is -4.47. The summed E-state index contributed by atoms with van der Waals surface area (Å²) in [5, 5.41) is 3.17. The van der Waals surface area contributed by atoms with Gasteiger partial charge in [-0.25, -0.2) is 4.79 Å². The van der Waals surface area contributed by atoms with E-state index in [1.807, 2.05) is 30.3 Å². The van der Waals surface area contributed by atoms with Crippen molar-refractivity contribution < 1.29 is 27.5 Å². The van der Waals surface area contributed by atoms with Crippen molar-refractivity contribution in [2.75, 3.05) is 0 Å². The van der Waals surface area contributed by atoms with Gasteiger partial charge < -0.3 is 10.1 Å². The molecule has 0 saturated heterocycles. The fourth-order valence-electron chi connectivity index (χ4n) is 4.25. The first-order valence-electron chi connectivity index (χ1n) is 10.4. The van der Waals surface area contributed by atoms with E-state index in [-0.39, 0.29) is 18.0 Å². The van der Waals surface area contributed by atoms with Gasteiger partial charge >= 0.3 is 12.1 Å². The normalized spacial score (nSPS) is 18.9. The summed E-state index contributed by atoms with van der Waals surface area (Å²) in [7, 11) is 0. The van der Waals surface area contributed by atoms with E-state index >= 15 is 0 Å². The number of halogens is 3. The number of hydrogen-bond donors (Lipinski definition) is 1. The van der Waals surface area contributed by atoms with E-state index in [1.54, 1.807) is 6.92 Å². The predicted molar refractivity (Wildman–Crippen MR) is 112 cm³/mol. The number of alkyl halides is 3. The lowest BCUT2D eigenvalue weighted by atomic mass is 9.75. The molecule has 7 heteroatoms. The molecular weight excluding hydrogens is 419 g/mol. The number of Topliss-reactive ketones (excluding diaryl/α,β-unsaturated/α-hetero) is 1.